The molecule has 8 nitrogen and oxygen atoms in total. The molecule has 0 amide bonds. The van der Waals surface area contributed by atoms with Crippen molar-refractivity contribution in [3.05, 3.63) is 41.5 Å². The quantitative estimate of drug-likeness (QED) is 0.470. The van der Waals surface area contributed by atoms with Crippen molar-refractivity contribution >= 4 is 17.9 Å². The maximum atomic E-state index is 5.81. The van der Waals surface area contributed by atoms with Crippen LogP contribution in [-0.4, -0.2) is 67.1 Å². The van der Waals surface area contributed by atoms with E-state index < -0.39 is 0 Å². The van der Waals surface area contributed by atoms with Gasteiger partial charge in [-0.25, -0.2) is 0 Å². The molecule has 1 saturated heterocycles. The third-order valence-electron chi connectivity index (χ3n) is 4.44. The van der Waals surface area contributed by atoms with E-state index in [9.17, 15) is 0 Å². The van der Waals surface area contributed by atoms with Crippen LogP contribution in [0.5, 0.6) is 6.01 Å². The van der Waals surface area contributed by atoms with Gasteiger partial charge < -0.3 is 14.8 Å². The summed E-state index contributed by atoms with van der Waals surface area (Å²) < 4.78 is 11.2. The predicted molar refractivity (Wildman–Crippen MR) is 116 cm³/mol. The molecule has 1 aliphatic heterocycles. The highest BCUT2D eigenvalue weighted by atomic mass is 16.5. The minimum atomic E-state index is 0.340. The molecular formula is C21H30N6O2. The van der Waals surface area contributed by atoms with Gasteiger partial charge in [-0.2, -0.15) is 15.1 Å². The molecule has 2 aromatic rings. The summed E-state index contributed by atoms with van der Waals surface area (Å²) in [5, 5.41) is 7.58. The molecule has 0 saturated carbocycles. The molecule has 8 heteroatoms. The van der Waals surface area contributed by atoms with Crippen LogP contribution in [0.3, 0.4) is 0 Å². The highest BCUT2D eigenvalue weighted by Gasteiger charge is 2.11. The number of nitrogens with one attached hydrogen (secondary N) is 2. The summed E-state index contributed by atoms with van der Waals surface area (Å²) in [6.45, 7) is 9.78. The number of rotatable bonds is 10. The van der Waals surface area contributed by atoms with Gasteiger partial charge in [-0.05, 0) is 18.9 Å². The number of hydrogen-bond acceptors (Lipinski definition) is 8. The Labute approximate surface area is 172 Å². The van der Waals surface area contributed by atoms with Crippen molar-refractivity contribution < 1.29 is 9.47 Å². The van der Waals surface area contributed by atoms with Crippen LogP contribution in [0.2, 0.25) is 0 Å². The highest BCUT2D eigenvalue weighted by Crippen LogP contribution is 2.16. The van der Waals surface area contributed by atoms with Crippen molar-refractivity contribution in [2.24, 2.45) is 5.10 Å². The number of benzene rings is 1. The molecule has 1 fully saturated rings. The van der Waals surface area contributed by atoms with Crippen molar-refractivity contribution in [3.8, 4) is 6.01 Å². The third-order valence-corrected chi connectivity index (χ3v) is 4.44. The smallest absolute Gasteiger partial charge is 0.320 e. The number of aromatic nitrogens is 2. The van der Waals surface area contributed by atoms with E-state index >= 15 is 0 Å². The fraction of sp³-hybridized carbons (Fsp3) is 0.476. The van der Waals surface area contributed by atoms with E-state index in [2.05, 4.69) is 56.7 Å². The number of hydrazone groups is 1. The Kier molecular flexibility index (Phi) is 8.21. The molecule has 3 rings (SSSR count). The summed E-state index contributed by atoms with van der Waals surface area (Å²) in [6, 6.07) is 10.3. The Morgan fingerprint density at radius 2 is 2.03 bits per heavy atom. The van der Waals surface area contributed by atoms with Crippen LogP contribution >= 0.6 is 0 Å². The maximum Gasteiger partial charge on any atom is 0.320 e. The number of ether oxygens (including phenoxy) is 2. The van der Waals surface area contributed by atoms with Crippen LogP contribution in [-0.2, 0) is 4.74 Å². The zero-order valence-electron chi connectivity index (χ0n) is 17.2. The maximum absolute atomic E-state index is 5.81. The first-order chi connectivity index (χ1) is 14.2. The predicted octanol–water partition coefficient (Wildman–Crippen LogP) is 2.76. The minimum Gasteiger partial charge on any atom is -0.462 e. The fourth-order valence-electron chi connectivity index (χ4n) is 2.90. The van der Waals surface area contributed by atoms with E-state index in [1.807, 2.05) is 18.2 Å². The van der Waals surface area contributed by atoms with E-state index in [1.54, 1.807) is 6.21 Å². The van der Waals surface area contributed by atoms with Crippen molar-refractivity contribution in [2.75, 3.05) is 56.7 Å². The van der Waals surface area contributed by atoms with E-state index in [0.29, 0.717) is 18.4 Å². The Bertz CT molecular complexity index is 792. The van der Waals surface area contributed by atoms with Gasteiger partial charge in [0.25, 0.3) is 0 Å². The highest BCUT2D eigenvalue weighted by molar-refractivity contribution is 5.80. The van der Waals surface area contributed by atoms with Gasteiger partial charge >= 0.3 is 6.01 Å². The first-order valence-corrected chi connectivity index (χ1v) is 10.1. The van der Waals surface area contributed by atoms with E-state index in [4.69, 9.17) is 9.47 Å². The Morgan fingerprint density at radius 1 is 1.21 bits per heavy atom. The molecule has 29 heavy (non-hydrogen) atoms. The van der Waals surface area contributed by atoms with Gasteiger partial charge in [0.15, 0.2) is 5.82 Å². The standard InChI is InChI=1S/C21H30N6O2/c1-3-7-22-19-15-20(26-23-16-18-6-4-5-17(2)14-18)25-21(24-19)29-13-10-27-8-11-28-12-9-27/h4-6,14-16H,3,7-13H2,1-2H3,(H2,22,24,25,26)/b23-16+. The van der Waals surface area contributed by atoms with Crippen LogP contribution in [0.25, 0.3) is 0 Å². The molecule has 0 aliphatic carbocycles. The zero-order valence-corrected chi connectivity index (χ0v) is 17.2. The molecule has 0 bridgehead atoms. The van der Waals surface area contributed by atoms with Gasteiger partial charge in [0.2, 0.25) is 0 Å². The second-order valence-corrected chi connectivity index (χ2v) is 6.93. The van der Waals surface area contributed by atoms with Gasteiger partial charge in [0.05, 0.1) is 19.4 Å². The lowest BCUT2D eigenvalue weighted by atomic mass is 10.2. The SMILES string of the molecule is CCCNc1cc(N/N=C/c2cccc(C)c2)nc(OCCN2CCOCC2)n1. The van der Waals surface area contributed by atoms with Crippen LogP contribution in [0.1, 0.15) is 24.5 Å². The first kappa shape index (κ1) is 21.0. The summed E-state index contributed by atoms with van der Waals surface area (Å²) in [5.41, 5.74) is 5.20. The van der Waals surface area contributed by atoms with Crippen molar-refractivity contribution in [1.29, 1.82) is 0 Å². The van der Waals surface area contributed by atoms with E-state index in [1.165, 1.54) is 5.56 Å². The number of anilines is 2. The van der Waals surface area contributed by atoms with Crippen LogP contribution in [0, 0.1) is 6.92 Å². The molecule has 1 aromatic carbocycles. The van der Waals surface area contributed by atoms with Gasteiger partial charge in [0.1, 0.15) is 12.4 Å². The number of morpholine rings is 1. The second-order valence-electron chi connectivity index (χ2n) is 6.93. The molecule has 1 aromatic heterocycles. The summed E-state index contributed by atoms with van der Waals surface area (Å²) in [5.74, 6) is 1.31. The van der Waals surface area contributed by atoms with Gasteiger partial charge in [-0.1, -0.05) is 36.8 Å². The molecule has 0 unspecified atom stereocenters. The third kappa shape index (κ3) is 7.32. The summed E-state index contributed by atoms with van der Waals surface area (Å²) >= 11 is 0. The second kappa shape index (κ2) is 11.3. The number of nitrogens with zero attached hydrogens (tertiary/aromatic N) is 4. The lowest BCUT2D eigenvalue weighted by Gasteiger charge is -2.26. The Morgan fingerprint density at radius 3 is 2.83 bits per heavy atom. The Balaban J connectivity index is 1.61. The van der Waals surface area contributed by atoms with Gasteiger partial charge in [0, 0.05) is 32.2 Å². The molecular weight excluding hydrogens is 368 g/mol. The number of aryl methyl sites for hydroxylation is 1. The normalized spacial score (nSPS) is 14.8. The van der Waals surface area contributed by atoms with Crippen molar-refractivity contribution in [2.45, 2.75) is 20.3 Å². The van der Waals surface area contributed by atoms with Gasteiger partial charge in [-0.3, -0.25) is 10.3 Å². The van der Waals surface area contributed by atoms with Gasteiger partial charge in [-0.15, -0.1) is 0 Å². The molecule has 1 aliphatic rings. The van der Waals surface area contributed by atoms with E-state index in [0.717, 1.165) is 57.2 Å². The zero-order chi connectivity index (χ0) is 20.3. The topological polar surface area (TPSA) is 83.9 Å². The molecule has 156 valence electrons. The van der Waals surface area contributed by atoms with Crippen LogP contribution < -0.4 is 15.5 Å². The molecule has 0 radical (unpaired) electrons. The summed E-state index contributed by atoms with van der Waals surface area (Å²) in [6.07, 6.45) is 2.78. The van der Waals surface area contributed by atoms with Crippen molar-refractivity contribution in [1.82, 2.24) is 14.9 Å². The lowest BCUT2D eigenvalue weighted by molar-refractivity contribution is 0.0317. The Hall–Kier alpha value is -2.71. The average Bonchev–Trinajstić information content (AvgIpc) is 2.73. The minimum absolute atomic E-state index is 0.340. The molecule has 2 heterocycles. The van der Waals surface area contributed by atoms with Crippen LogP contribution in [0.15, 0.2) is 35.4 Å². The number of hydrogen-bond donors (Lipinski definition) is 2. The van der Waals surface area contributed by atoms with Crippen LogP contribution in [0.4, 0.5) is 11.6 Å². The molecule has 2 N–H and O–H groups in total. The summed E-state index contributed by atoms with van der Waals surface area (Å²) in [4.78, 5) is 11.2. The van der Waals surface area contributed by atoms with E-state index in [-0.39, 0.29) is 0 Å². The summed E-state index contributed by atoms with van der Waals surface area (Å²) in [7, 11) is 0. The largest absolute Gasteiger partial charge is 0.462 e. The fourth-order valence-corrected chi connectivity index (χ4v) is 2.90. The molecule has 0 spiro atoms. The molecule has 0 atom stereocenters. The average molecular weight is 399 g/mol. The first-order valence-electron chi connectivity index (χ1n) is 10.1. The monoisotopic (exact) mass is 398 g/mol. The van der Waals surface area contributed by atoms with Crippen molar-refractivity contribution in [3.63, 3.8) is 0 Å². The lowest BCUT2D eigenvalue weighted by Crippen LogP contribution is -2.38.